The minimum atomic E-state index is -0.693. The van der Waals surface area contributed by atoms with Gasteiger partial charge in [0.25, 0.3) is 5.91 Å². The molecule has 196 valence electrons. The van der Waals surface area contributed by atoms with Crippen LogP contribution in [0.25, 0.3) is 0 Å². The van der Waals surface area contributed by atoms with Crippen molar-refractivity contribution in [2.75, 3.05) is 39.8 Å². The van der Waals surface area contributed by atoms with Crippen molar-refractivity contribution in [3.63, 3.8) is 0 Å². The Labute approximate surface area is 226 Å². The number of carbonyl (C=O) groups excluding carboxylic acids is 3. The van der Waals surface area contributed by atoms with Crippen molar-refractivity contribution in [2.45, 2.75) is 25.9 Å². The van der Waals surface area contributed by atoms with Crippen molar-refractivity contribution >= 4 is 41.1 Å². The van der Waals surface area contributed by atoms with Crippen LogP contribution < -0.4 is 5.32 Å². The highest BCUT2D eigenvalue weighted by molar-refractivity contribution is 6.31. The summed E-state index contributed by atoms with van der Waals surface area (Å²) >= 11 is 12.2. The van der Waals surface area contributed by atoms with E-state index in [1.54, 1.807) is 56.4 Å². The van der Waals surface area contributed by atoms with E-state index in [4.69, 9.17) is 27.9 Å². The Morgan fingerprint density at radius 1 is 1.08 bits per heavy atom. The maximum atomic E-state index is 13.2. The summed E-state index contributed by atoms with van der Waals surface area (Å²) in [6, 6.07) is 12.9. The van der Waals surface area contributed by atoms with Gasteiger partial charge in [-0.2, -0.15) is 0 Å². The molecule has 37 heavy (non-hydrogen) atoms. The molecule has 2 aliphatic rings. The number of rotatable bonds is 6. The van der Waals surface area contributed by atoms with Crippen LogP contribution >= 0.6 is 23.2 Å². The van der Waals surface area contributed by atoms with Crippen molar-refractivity contribution < 1.29 is 19.1 Å². The number of ether oxygens (including phenoxy) is 1. The number of carbonyl (C=O) groups is 3. The van der Waals surface area contributed by atoms with Crippen molar-refractivity contribution in [3.8, 4) is 0 Å². The van der Waals surface area contributed by atoms with Crippen LogP contribution in [-0.2, 0) is 9.53 Å². The Balaban J connectivity index is 1.59. The molecular formula is C27H30Cl2N4O4. The molecule has 10 heteroatoms. The van der Waals surface area contributed by atoms with Crippen LogP contribution in [0.5, 0.6) is 0 Å². The van der Waals surface area contributed by atoms with Gasteiger partial charge in [-0.1, -0.05) is 35.3 Å². The molecule has 8 nitrogen and oxygen atoms in total. The van der Waals surface area contributed by atoms with Gasteiger partial charge in [0.2, 0.25) is 0 Å². The minimum Gasteiger partial charge on any atom is -0.463 e. The first-order valence-electron chi connectivity index (χ1n) is 12.2. The summed E-state index contributed by atoms with van der Waals surface area (Å²) < 4.78 is 5.40. The second kappa shape index (κ2) is 11.5. The van der Waals surface area contributed by atoms with E-state index in [0.29, 0.717) is 58.6 Å². The van der Waals surface area contributed by atoms with Crippen molar-refractivity contribution in [1.29, 1.82) is 0 Å². The number of halogens is 2. The summed E-state index contributed by atoms with van der Waals surface area (Å²) in [5.41, 5.74) is 2.22. The van der Waals surface area contributed by atoms with E-state index in [1.165, 1.54) is 4.90 Å². The fraction of sp³-hybridized carbons (Fsp3) is 0.370. The lowest BCUT2D eigenvalue weighted by Gasteiger charge is -2.42. The number of nitrogens with zero attached hydrogens (tertiary/aromatic N) is 3. The molecule has 1 fully saturated rings. The van der Waals surface area contributed by atoms with Gasteiger partial charge in [-0.15, -0.1) is 0 Å². The largest absolute Gasteiger partial charge is 0.463 e. The third-order valence-electron chi connectivity index (χ3n) is 6.69. The molecule has 2 aliphatic heterocycles. The molecule has 0 radical (unpaired) electrons. The van der Waals surface area contributed by atoms with E-state index >= 15 is 0 Å². The fourth-order valence-electron chi connectivity index (χ4n) is 4.78. The van der Waals surface area contributed by atoms with Gasteiger partial charge in [0, 0.05) is 60.6 Å². The number of benzene rings is 2. The van der Waals surface area contributed by atoms with Crippen LogP contribution in [0.1, 0.15) is 35.8 Å². The monoisotopic (exact) mass is 544 g/mol. The van der Waals surface area contributed by atoms with Crippen LogP contribution in [0, 0.1) is 0 Å². The van der Waals surface area contributed by atoms with Crippen LogP contribution in [0.15, 0.2) is 59.8 Å². The Morgan fingerprint density at radius 2 is 1.81 bits per heavy atom. The third-order valence-corrected chi connectivity index (χ3v) is 7.18. The highest BCUT2D eigenvalue weighted by Crippen LogP contribution is 2.33. The van der Waals surface area contributed by atoms with Crippen molar-refractivity contribution in [2.24, 2.45) is 0 Å². The number of urea groups is 1. The zero-order valence-corrected chi connectivity index (χ0v) is 22.6. The number of likely N-dealkylation sites (N-methyl/N-ethyl adjacent to an activating group) is 1. The number of nitrogens with one attached hydrogen (secondary N) is 1. The molecule has 1 saturated heterocycles. The van der Waals surface area contributed by atoms with Gasteiger partial charge in [-0.3, -0.25) is 14.6 Å². The first kappa shape index (κ1) is 27.0. The lowest BCUT2D eigenvalue weighted by molar-refractivity contribution is -0.139. The molecule has 2 aromatic rings. The number of hydrogen-bond donors (Lipinski definition) is 1. The molecule has 0 aromatic heterocycles. The Morgan fingerprint density at radius 3 is 2.46 bits per heavy atom. The van der Waals surface area contributed by atoms with E-state index in [2.05, 4.69) is 10.2 Å². The average molecular weight is 545 g/mol. The van der Waals surface area contributed by atoms with Crippen LogP contribution in [-0.4, -0.2) is 78.5 Å². The molecule has 4 rings (SSSR count). The highest BCUT2D eigenvalue weighted by atomic mass is 35.5. The predicted octanol–water partition coefficient (Wildman–Crippen LogP) is 4.35. The first-order chi connectivity index (χ1) is 17.7. The number of esters is 1. The average Bonchev–Trinajstić information content (AvgIpc) is 2.87. The quantitative estimate of drug-likeness (QED) is 0.546. The maximum Gasteiger partial charge on any atom is 0.338 e. The number of hydrogen-bond acceptors (Lipinski definition) is 5. The Hall–Kier alpha value is -3.07. The molecular weight excluding hydrogens is 515 g/mol. The molecule has 0 aliphatic carbocycles. The molecule has 3 amide bonds. The van der Waals surface area contributed by atoms with Gasteiger partial charge < -0.3 is 15.0 Å². The standard InChI is InChI=1S/C27H30Cl2N4O4/c1-4-37-26(35)23-22(31(3)27(36)30-24(23)19-6-5-7-21(29)14-19)16-32-12-13-33(17(2)15-32)25(34)18-8-10-20(28)11-9-18/h5-11,14,17,24H,4,12-13,15-16H2,1-3H3,(H,30,36)/t17-,24+/m1/s1. The lowest BCUT2D eigenvalue weighted by Crippen LogP contribution is -2.56. The molecule has 0 bridgehead atoms. The second-order valence-electron chi connectivity index (χ2n) is 9.17. The molecule has 2 atom stereocenters. The van der Waals surface area contributed by atoms with E-state index in [9.17, 15) is 14.4 Å². The second-order valence-corrected chi connectivity index (χ2v) is 10.0. The minimum absolute atomic E-state index is 0.0505. The topological polar surface area (TPSA) is 82.2 Å². The zero-order chi connectivity index (χ0) is 26.7. The van der Waals surface area contributed by atoms with Gasteiger partial charge in [0.05, 0.1) is 18.2 Å². The Bertz CT molecular complexity index is 1220. The molecule has 0 saturated carbocycles. The van der Waals surface area contributed by atoms with Crippen LogP contribution in [0.2, 0.25) is 10.0 Å². The summed E-state index contributed by atoms with van der Waals surface area (Å²) in [6.45, 7) is 5.97. The van der Waals surface area contributed by atoms with E-state index < -0.39 is 12.0 Å². The summed E-state index contributed by atoms with van der Waals surface area (Å²) in [6.07, 6.45) is 0. The number of piperazine rings is 1. The van der Waals surface area contributed by atoms with Crippen LogP contribution in [0.4, 0.5) is 4.79 Å². The summed E-state index contributed by atoms with van der Waals surface area (Å²) in [5.74, 6) is -0.538. The van der Waals surface area contributed by atoms with Gasteiger partial charge >= 0.3 is 12.0 Å². The molecule has 1 N–H and O–H groups in total. The number of amides is 3. The third kappa shape index (κ3) is 5.92. The predicted molar refractivity (Wildman–Crippen MR) is 143 cm³/mol. The SMILES string of the molecule is CCOC(=O)C1=C(CN2CCN(C(=O)c3ccc(Cl)cc3)[C@H](C)C2)N(C)C(=O)N[C@H]1c1cccc(Cl)c1. The van der Waals surface area contributed by atoms with E-state index in [1.807, 2.05) is 17.9 Å². The van der Waals surface area contributed by atoms with E-state index in [0.717, 1.165) is 0 Å². The fourth-order valence-corrected chi connectivity index (χ4v) is 5.11. The lowest BCUT2D eigenvalue weighted by atomic mass is 9.94. The van der Waals surface area contributed by atoms with Crippen molar-refractivity contribution in [3.05, 3.63) is 81.0 Å². The highest BCUT2D eigenvalue weighted by Gasteiger charge is 2.38. The zero-order valence-electron chi connectivity index (χ0n) is 21.0. The molecule has 0 spiro atoms. The van der Waals surface area contributed by atoms with Gasteiger partial charge in [-0.25, -0.2) is 9.59 Å². The summed E-state index contributed by atoms with van der Waals surface area (Å²) in [7, 11) is 1.64. The van der Waals surface area contributed by atoms with Gasteiger partial charge in [0.15, 0.2) is 0 Å². The smallest absolute Gasteiger partial charge is 0.338 e. The summed E-state index contributed by atoms with van der Waals surface area (Å²) in [5, 5.41) is 3.99. The van der Waals surface area contributed by atoms with E-state index in [-0.39, 0.29) is 24.6 Å². The molecule has 2 heterocycles. The normalized spacial score (nSPS) is 20.6. The first-order valence-corrected chi connectivity index (χ1v) is 12.9. The maximum absolute atomic E-state index is 13.2. The summed E-state index contributed by atoms with van der Waals surface area (Å²) in [4.78, 5) is 44.7. The van der Waals surface area contributed by atoms with Gasteiger partial charge in [0.1, 0.15) is 0 Å². The Kier molecular flexibility index (Phi) is 8.42. The molecule has 0 unspecified atom stereocenters. The molecule has 2 aromatic carbocycles. The van der Waals surface area contributed by atoms with Crippen LogP contribution in [0.3, 0.4) is 0 Å². The van der Waals surface area contributed by atoms with Crippen molar-refractivity contribution in [1.82, 2.24) is 20.0 Å². The van der Waals surface area contributed by atoms with Gasteiger partial charge in [-0.05, 0) is 55.8 Å².